The van der Waals surface area contributed by atoms with E-state index in [1.165, 1.54) is 6.33 Å². The molecule has 0 saturated carbocycles. The average molecular weight is 304 g/mol. The number of unbranched alkanes of at least 4 members (excludes halogenated alkanes) is 1. The predicted molar refractivity (Wildman–Crippen MR) is 78.6 cm³/mol. The monoisotopic (exact) mass is 304 g/mol. The van der Waals surface area contributed by atoms with Gasteiger partial charge in [-0.3, -0.25) is 0 Å². The van der Waals surface area contributed by atoms with Crippen molar-refractivity contribution in [1.29, 1.82) is 0 Å². The Morgan fingerprint density at radius 2 is 1.62 bits per heavy atom. The molecule has 4 nitrogen and oxygen atoms in total. The van der Waals surface area contributed by atoms with Gasteiger partial charge in [0.1, 0.15) is 18.0 Å². The molecule has 1 aromatic heterocycles. The van der Waals surface area contributed by atoms with Crippen LogP contribution in [0.3, 0.4) is 0 Å². The van der Waals surface area contributed by atoms with Gasteiger partial charge in [0.2, 0.25) is 0 Å². The molecule has 0 radical (unpaired) electrons. The van der Waals surface area contributed by atoms with Gasteiger partial charge >= 0.3 is 6.18 Å². The van der Waals surface area contributed by atoms with Gasteiger partial charge in [-0.2, -0.15) is 13.2 Å². The Labute approximate surface area is 123 Å². The highest BCUT2D eigenvalue weighted by Crippen LogP contribution is 2.23. The molecule has 1 heterocycles. The van der Waals surface area contributed by atoms with Gasteiger partial charge in [-0.25, -0.2) is 9.97 Å². The van der Waals surface area contributed by atoms with Gasteiger partial charge in [0.15, 0.2) is 0 Å². The largest absolute Gasteiger partial charge is 0.389 e. The fourth-order valence-electron chi connectivity index (χ4n) is 1.95. The summed E-state index contributed by atoms with van der Waals surface area (Å²) in [6.45, 7) is 5.38. The van der Waals surface area contributed by atoms with Gasteiger partial charge < -0.3 is 10.6 Å². The van der Waals surface area contributed by atoms with Crippen molar-refractivity contribution in [1.82, 2.24) is 9.97 Å². The third-order valence-corrected chi connectivity index (χ3v) is 3.02. The number of nitrogens with one attached hydrogen (secondary N) is 2. The standard InChI is InChI=1S/C14H23F3N4/c1-3-8-18-12-11(4-2)13(21-10-20-12)19-9-6-5-7-14(15,16)17/h10H,3-9H2,1-2H3,(H2,18,19,20,21). The van der Waals surface area contributed by atoms with E-state index < -0.39 is 12.6 Å². The van der Waals surface area contributed by atoms with Crippen LogP contribution in [0.1, 0.15) is 45.1 Å². The van der Waals surface area contributed by atoms with Gasteiger partial charge in [-0.05, 0) is 25.7 Å². The van der Waals surface area contributed by atoms with Crippen LogP contribution in [0.4, 0.5) is 24.8 Å². The van der Waals surface area contributed by atoms with E-state index in [-0.39, 0.29) is 6.42 Å². The Kier molecular flexibility index (Phi) is 7.25. The minimum absolute atomic E-state index is 0.129. The summed E-state index contributed by atoms with van der Waals surface area (Å²) in [5, 5.41) is 6.34. The number of nitrogens with zero attached hydrogens (tertiary/aromatic N) is 2. The van der Waals surface area contributed by atoms with Crippen LogP contribution in [0.15, 0.2) is 6.33 Å². The first kappa shape index (κ1) is 17.5. The average Bonchev–Trinajstić information content (AvgIpc) is 2.43. The molecule has 7 heteroatoms. The Morgan fingerprint density at radius 3 is 2.14 bits per heavy atom. The molecule has 0 aliphatic heterocycles. The molecule has 0 aliphatic rings. The smallest absolute Gasteiger partial charge is 0.370 e. The summed E-state index contributed by atoms with van der Waals surface area (Å²) in [6, 6.07) is 0. The highest BCUT2D eigenvalue weighted by atomic mass is 19.4. The topological polar surface area (TPSA) is 49.8 Å². The van der Waals surface area contributed by atoms with E-state index in [1.54, 1.807) is 0 Å². The van der Waals surface area contributed by atoms with Crippen molar-refractivity contribution in [3.05, 3.63) is 11.9 Å². The van der Waals surface area contributed by atoms with Gasteiger partial charge in [0.05, 0.1) is 0 Å². The Morgan fingerprint density at radius 1 is 1.00 bits per heavy atom. The quantitative estimate of drug-likeness (QED) is 0.677. The third kappa shape index (κ3) is 6.64. The van der Waals surface area contributed by atoms with E-state index >= 15 is 0 Å². The van der Waals surface area contributed by atoms with Crippen molar-refractivity contribution in [3.63, 3.8) is 0 Å². The molecule has 0 amide bonds. The van der Waals surface area contributed by atoms with E-state index in [4.69, 9.17) is 0 Å². The molecule has 120 valence electrons. The minimum Gasteiger partial charge on any atom is -0.370 e. The first-order valence-corrected chi connectivity index (χ1v) is 7.36. The number of hydrogen-bond acceptors (Lipinski definition) is 4. The van der Waals surface area contributed by atoms with E-state index in [0.717, 1.165) is 30.8 Å². The third-order valence-electron chi connectivity index (χ3n) is 3.02. The van der Waals surface area contributed by atoms with Crippen molar-refractivity contribution in [2.75, 3.05) is 23.7 Å². The zero-order valence-corrected chi connectivity index (χ0v) is 12.6. The molecule has 1 rings (SSSR count). The molecule has 0 aliphatic carbocycles. The lowest BCUT2D eigenvalue weighted by Crippen LogP contribution is -2.12. The fourth-order valence-corrected chi connectivity index (χ4v) is 1.95. The highest BCUT2D eigenvalue weighted by Gasteiger charge is 2.25. The van der Waals surface area contributed by atoms with Crippen LogP contribution in [0.25, 0.3) is 0 Å². The maximum Gasteiger partial charge on any atom is 0.389 e. The molecule has 1 aromatic rings. The van der Waals surface area contributed by atoms with Crippen LogP contribution in [-0.2, 0) is 6.42 Å². The first-order chi connectivity index (χ1) is 9.98. The lowest BCUT2D eigenvalue weighted by Gasteiger charge is -2.14. The van der Waals surface area contributed by atoms with E-state index in [1.807, 2.05) is 6.92 Å². The summed E-state index contributed by atoms with van der Waals surface area (Å²) in [6.07, 6.45) is -0.988. The van der Waals surface area contributed by atoms with Crippen LogP contribution < -0.4 is 10.6 Å². The number of rotatable bonds is 9. The normalized spacial score (nSPS) is 11.5. The van der Waals surface area contributed by atoms with E-state index in [9.17, 15) is 13.2 Å². The van der Waals surface area contributed by atoms with Crippen LogP contribution in [0, 0.1) is 0 Å². The number of halogens is 3. The molecule has 0 fully saturated rings. The van der Waals surface area contributed by atoms with Crippen molar-refractivity contribution >= 4 is 11.6 Å². The fraction of sp³-hybridized carbons (Fsp3) is 0.714. The van der Waals surface area contributed by atoms with Gasteiger partial charge in [-0.15, -0.1) is 0 Å². The Bertz CT molecular complexity index is 421. The summed E-state index contributed by atoms with van der Waals surface area (Å²) in [7, 11) is 0. The number of anilines is 2. The molecule has 0 aromatic carbocycles. The zero-order valence-electron chi connectivity index (χ0n) is 12.6. The van der Waals surface area contributed by atoms with Crippen molar-refractivity contribution in [2.45, 2.75) is 52.1 Å². The molecule has 2 N–H and O–H groups in total. The van der Waals surface area contributed by atoms with Crippen LogP contribution >= 0.6 is 0 Å². The van der Waals surface area contributed by atoms with Crippen molar-refractivity contribution in [2.24, 2.45) is 0 Å². The van der Waals surface area contributed by atoms with Crippen LogP contribution in [-0.4, -0.2) is 29.2 Å². The van der Waals surface area contributed by atoms with Crippen molar-refractivity contribution < 1.29 is 13.2 Å². The summed E-state index contributed by atoms with van der Waals surface area (Å²) in [4.78, 5) is 8.39. The van der Waals surface area contributed by atoms with E-state index in [0.29, 0.717) is 18.8 Å². The second-order valence-electron chi connectivity index (χ2n) is 4.83. The van der Waals surface area contributed by atoms with Crippen LogP contribution in [0.5, 0.6) is 0 Å². The molecule has 0 saturated heterocycles. The lowest BCUT2D eigenvalue weighted by molar-refractivity contribution is -0.135. The Balaban J connectivity index is 2.50. The maximum absolute atomic E-state index is 12.0. The first-order valence-electron chi connectivity index (χ1n) is 7.36. The van der Waals surface area contributed by atoms with Gasteiger partial charge in [-0.1, -0.05) is 13.8 Å². The number of aromatic nitrogens is 2. The summed E-state index contributed by atoms with van der Waals surface area (Å²) >= 11 is 0. The molecule has 0 atom stereocenters. The molecule has 0 unspecified atom stereocenters. The summed E-state index contributed by atoms with van der Waals surface area (Å²) in [5.74, 6) is 1.50. The minimum atomic E-state index is -4.07. The number of hydrogen-bond donors (Lipinski definition) is 2. The van der Waals surface area contributed by atoms with Gasteiger partial charge in [0.25, 0.3) is 0 Å². The second kappa shape index (κ2) is 8.69. The van der Waals surface area contributed by atoms with Crippen molar-refractivity contribution in [3.8, 4) is 0 Å². The molecule has 0 spiro atoms. The SMILES string of the molecule is CCCNc1ncnc(NCCCCC(F)(F)F)c1CC. The van der Waals surface area contributed by atoms with Crippen LogP contribution in [0.2, 0.25) is 0 Å². The molecular formula is C14H23F3N4. The zero-order chi connectivity index (χ0) is 15.7. The molecule has 0 bridgehead atoms. The lowest BCUT2D eigenvalue weighted by atomic mass is 10.2. The summed E-state index contributed by atoms with van der Waals surface area (Å²) < 4.78 is 36.1. The highest BCUT2D eigenvalue weighted by molar-refractivity contribution is 5.57. The predicted octanol–water partition coefficient (Wildman–Crippen LogP) is 4.01. The Hall–Kier alpha value is -1.53. The molecular weight excluding hydrogens is 281 g/mol. The summed E-state index contributed by atoms with van der Waals surface area (Å²) in [5.41, 5.74) is 0.974. The number of alkyl halides is 3. The van der Waals surface area contributed by atoms with E-state index in [2.05, 4.69) is 27.5 Å². The molecule has 21 heavy (non-hydrogen) atoms. The maximum atomic E-state index is 12.0. The second-order valence-corrected chi connectivity index (χ2v) is 4.83. The van der Waals surface area contributed by atoms with Gasteiger partial charge in [0, 0.05) is 25.1 Å².